The van der Waals surface area contributed by atoms with E-state index in [1.807, 2.05) is 6.07 Å². The molecular formula is C16H18FNO3. The van der Waals surface area contributed by atoms with Crippen molar-refractivity contribution in [2.45, 2.75) is 31.6 Å². The molecule has 1 aromatic carbocycles. The van der Waals surface area contributed by atoms with Crippen LogP contribution in [-0.4, -0.2) is 41.3 Å². The molecule has 2 aliphatic rings. The Morgan fingerprint density at radius 1 is 1.33 bits per heavy atom. The van der Waals surface area contributed by atoms with Crippen LogP contribution in [-0.2, 0) is 16.1 Å². The van der Waals surface area contributed by atoms with E-state index in [2.05, 4.69) is 4.90 Å². The lowest BCUT2D eigenvalue weighted by atomic mass is 10.1. The van der Waals surface area contributed by atoms with Crippen LogP contribution in [0.4, 0.5) is 4.39 Å². The van der Waals surface area contributed by atoms with Gasteiger partial charge in [-0.15, -0.1) is 0 Å². The first kappa shape index (κ1) is 14.2. The fraction of sp³-hybridized carbons (Fsp3) is 0.438. The van der Waals surface area contributed by atoms with Crippen LogP contribution >= 0.6 is 0 Å². The summed E-state index contributed by atoms with van der Waals surface area (Å²) in [5, 5.41) is 8.64. The van der Waals surface area contributed by atoms with Crippen LogP contribution in [0.25, 0.3) is 6.08 Å². The van der Waals surface area contributed by atoms with Crippen molar-refractivity contribution in [1.29, 1.82) is 0 Å². The lowest BCUT2D eigenvalue weighted by Gasteiger charge is -2.32. The molecule has 2 aliphatic heterocycles. The van der Waals surface area contributed by atoms with Gasteiger partial charge in [-0.1, -0.05) is 6.07 Å². The third-order valence-corrected chi connectivity index (χ3v) is 3.92. The Morgan fingerprint density at radius 3 is 2.71 bits per heavy atom. The summed E-state index contributed by atoms with van der Waals surface area (Å²) in [7, 11) is 0. The predicted molar refractivity (Wildman–Crippen MR) is 76.2 cm³/mol. The average molecular weight is 291 g/mol. The largest absolute Gasteiger partial charge is 0.478 e. The predicted octanol–water partition coefficient (Wildman–Crippen LogP) is 2.29. The minimum Gasteiger partial charge on any atom is -0.478 e. The van der Waals surface area contributed by atoms with E-state index in [4.69, 9.17) is 9.84 Å². The Morgan fingerprint density at radius 2 is 2.05 bits per heavy atom. The molecule has 4 nitrogen and oxygen atoms in total. The van der Waals surface area contributed by atoms with Crippen molar-refractivity contribution in [1.82, 2.24) is 4.90 Å². The number of fused-ring (bicyclic) bond motifs is 2. The summed E-state index contributed by atoms with van der Waals surface area (Å²) >= 11 is 0. The smallest absolute Gasteiger partial charge is 0.328 e. The van der Waals surface area contributed by atoms with Crippen molar-refractivity contribution >= 4 is 12.0 Å². The number of halogens is 1. The quantitative estimate of drug-likeness (QED) is 0.865. The molecule has 1 aromatic rings. The topological polar surface area (TPSA) is 49.8 Å². The van der Waals surface area contributed by atoms with Gasteiger partial charge in [-0.05, 0) is 42.2 Å². The van der Waals surface area contributed by atoms with E-state index in [-0.39, 0.29) is 5.82 Å². The van der Waals surface area contributed by atoms with Gasteiger partial charge in [0, 0.05) is 25.7 Å². The highest BCUT2D eigenvalue weighted by molar-refractivity contribution is 5.85. The van der Waals surface area contributed by atoms with E-state index in [9.17, 15) is 9.18 Å². The monoisotopic (exact) mass is 291 g/mol. The van der Waals surface area contributed by atoms with Crippen LogP contribution in [0.2, 0.25) is 0 Å². The van der Waals surface area contributed by atoms with Crippen molar-refractivity contribution in [2.75, 3.05) is 13.1 Å². The van der Waals surface area contributed by atoms with Crippen molar-refractivity contribution in [3.05, 3.63) is 41.2 Å². The van der Waals surface area contributed by atoms with E-state index in [0.717, 1.165) is 37.6 Å². The Kier molecular flexibility index (Phi) is 4.03. The molecule has 2 atom stereocenters. The number of carboxylic acid groups (broad SMARTS) is 1. The maximum Gasteiger partial charge on any atom is 0.328 e. The summed E-state index contributed by atoms with van der Waals surface area (Å²) < 4.78 is 19.4. The first-order valence-corrected chi connectivity index (χ1v) is 7.17. The number of nitrogens with zero attached hydrogens (tertiary/aromatic N) is 1. The maximum atomic E-state index is 13.6. The Bertz CT molecular complexity index is 561. The van der Waals surface area contributed by atoms with Crippen LogP contribution in [0.1, 0.15) is 24.0 Å². The van der Waals surface area contributed by atoms with Gasteiger partial charge in [0.05, 0.1) is 12.2 Å². The lowest BCUT2D eigenvalue weighted by molar-refractivity contribution is -0.131. The number of carboxylic acids is 1. The molecule has 112 valence electrons. The van der Waals surface area contributed by atoms with Crippen LogP contribution in [0.15, 0.2) is 24.3 Å². The summed E-state index contributed by atoms with van der Waals surface area (Å²) in [6.07, 6.45) is 5.27. The first-order chi connectivity index (χ1) is 10.1. The summed E-state index contributed by atoms with van der Waals surface area (Å²) in [6, 6.07) is 4.68. The summed E-state index contributed by atoms with van der Waals surface area (Å²) in [6.45, 7) is 2.43. The molecular weight excluding hydrogens is 273 g/mol. The molecule has 0 saturated carbocycles. The molecule has 2 heterocycles. The number of carbonyl (C=O) groups is 1. The number of benzene rings is 1. The van der Waals surface area contributed by atoms with Crippen molar-refractivity contribution in [3.8, 4) is 0 Å². The highest BCUT2D eigenvalue weighted by Gasteiger charge is 2.33. The first-order valence-electron chi connectivity index (χ1n) is 7.17. The van der Waals surface area contributed by atoms with Crippen LogP contribution in [0.5, 0.6) is 0 Å². The van der Waals surface area contributed by atoms with E-state index < -0.39 is 5.97 Å². The highest BCUT2D eigenvalue weighted by Crippen LogP contribution is 2.27. The molecule has 2 unspecified atom stereocenters. The minimum atomic E-state index is -1.04. The molecule has 1 N–H and O–H groups in total. The third kappa shape index (κ3) is 3.68. The van der Waals surface area contributed by atoms with Crippen molar-refractivity contribution in [3.63, 3.8) is 0 Å². The van der Waals surface area contributed by atoms with Gasteiger partial charge in [-0.2, -0.15) is 0 Å². The van der Waals surface area contributed by atoms with Gasteiger partial charge in [0.15, 0.2) is 0 Å². The number of rotatable bonds is 4. The summed E-state index contributed by atoms with van der Waals surface area (Å²) in [5.74, 6) is -1.38. The van der Waals surface area contributed by atoms with Crippen molar-refractivity contribution < 1.29 is 19.0 Å². The molecule has 2 saturated heterocycles. The number of likely N-dealkylation sites (tertiary alicyclic amines) is 1. The van der Waals surface area contributed by atoms with Crippen LogP contribution in [0, 0.1) is 5.82 Å². The molecule has 0 aromatic heterocycles. The molecule has 3 rings (SSSR count). The second kappa shape index (κ2) is 5.95. The molecule has 0 aliphatic carbocycles. The van der Waals surface area contributed by atoms with Gasteiger partial charge in [0.25, 0.3) is 0 Å². The zero-order valence-corrected chi connectivity index (χ0v) is 11.7. The second-order valence-electron chi connectivity index (χ2n) is 5.72. The Labute approximate surface area is 122 Å². The molecule has 5 heteroatoms. The van der Waals surface area contributed by atoms with E-state index in [0.29, 0.717) is 24.3 Å². The fourth-order valence-corrected chi connectivity index (χ4v) is 3.12. The standard InChI is InChI=1S/C16H18FNO3/c17-13-6-11(1-4-16(19)20)5-12(7-13)8-18-9-14-2-3-15(10-18)21-14/h1,4-7,14-15H,2-3,8-10H2,(H,19,20). The van der Waals surface area contributed by atoms with Crippen LogP contribution < -0.4 is 0 Å². The third-order valence-electron chi connectivity index (χ3n) is 3.92. The number of hydrogen-bond donors (Lipinski definition) is 1. The maximum absolute atomic E-state index is 13.6. The molecule has 21 heavy (non-hydrogen) atoms. The van der Waals surface area contributed by atoms with Gasteiger partial charge in [0.2, 0.25) is 0 Å². The zero-order chi connectivity index (χ0) is 14.8. The molecule has 2 bridgehead atoms. The summed E-state index contributed by atoms with van der Waals surface area (Å²) in [4.78, 5) is 12.8. The van der Waals surface area contributed by atoms with E-state index in [1.165, 1.54) is 18.2 Å². The SMILES string of the molecule is O=C(O)C=Cc1cc(F)cc(CN2CC3CCC(C2)O3)c1. The molecule has 0 radical (unpaired) electrons. The average Bonchev–Trinajstić information content (AvgIpc) is 2.75. The van der Waals surface area contributed by atoms with Crippen LogP contribution in [0.3, 0.4) is 0 Å². The molecule has 2 fully saturated rings. The minimum absolute atomic E-state index is 0.309. The fourth-order valence-electron chi connectivity index (χ4n) is 3.12. The highest BCUT2D eigenvalue weighted by atomic mass is 19.1. The van der Waals surface area contributed by atoms with Gasteiger partial charge in [0.1, 0.15) is 5.82 Å². The van der Waals surface area contributed by atoms with Gasteiger partial charge in [-0.25, -0.2) is 9.18 Å². The van der Waals surface area contributed by atoms with E-state index >= 15 is 0 Å². The van der Waals surface area contributed by atoms with E-state index in [1.54, 1.807) is 0 Å². The lowest BCUT2D eigenvalue weighted by Crippen LogP contribution is -2.41. The Hall–Kier alpha value is -1.72. The second-order valence-corrected chi connectivity index (χ2v) is 5.72. The van der Waals surface area contributed by atoms with Gasteiger partial charge >= 0.3 is 5.97 Å². The normalized spacial score (nSPS) is 25.6. The zero-order valence-electron chi connectivity index (χ0n) is 11.7. The summed E-state index contributed by atoms with van der Waals surface area (Å²) in [5.41, 5.74) is 1.44. The number of ether oxygens (including phenoxy) is 1. The Balaban J connectivity index is 1.71. The molecule has 0 amide bonds. The number of hydrogen-bond acceptors (Lipinski definition) is 3. The molecule has 0 spiro atoms. The van der Waals surface area contributed by atoms with Gasteiger partial charge < -0.3 is 9.84 Å². The number of morpholine rings is 1. The van der Waals surface area contributed by atoms with Crippen molar-refractivity contribution in [2.24, 2.45) is 0 Å². The number of aliphatic carboxylic acids is 1. The van der Waals surface area contributed by atoms with Gasteiger partial charge in [-0.3, -0.25) is 4.90 Å².